The number of nitrogens with zero attached hydrogens (tertiary/aromatic N) is 4. The van der Waals surface area contributed by atoms with Crippen LogP contribution in [-0.2, 0) is 20.6 Å². The summed E-state index contributed by atoms with van der Waals surface area (Å²) in [4.78, 5) is 36.2. The number of unbranched alkanes of at least 4 members (excludes halogenated alkanes) is 1. The highest BCUT2D eigenvalue weighted by atomic mass is 16.6. The Kier molecular flexibility index (Phi) is 11.5. The van der Waals surface area contributed by atoms with Crippen LogP contribution in [0.15, 0.2) is 67.0 Å². The molecule has 0 N–H and O–H groups in total. The number of ether oxygens (including phenoxy) is 3. The first kappa shape index (κ1) is 33.7. The van der Waals surface area contributed by atoms with E-state index in [4.69, 9.17) is 19.2 Å². The number of aromatic nitrogens is 2. The van der Waals surface area contributed by atoms with Crippen LogP contribution in [-0.4, -0.2) is 89.1 Å². The Hall–Kier alpha value is -3.69. The molecule has 3 aromatic rings. The minimum Gasteiger partial charge on any atom is -0.444 e. The van der Waals surface area contributed by atoms with Gasteiger partial charge in [0.05, 0.1) is 30.2 Å². The summed E-state index contributed by atoms with van der Waals surface area (Å²) >= 11 is 0. The van der Waals surface area contributed by atoms with Crippen molar-refractivity contribution < 1.29 is 23.8 Å². The fourth-order valence-corrected chi connectivity index (χ4v) is 6.64. The van der Waals surface area contributed by atoms with Crippen molar-refractivity contribution in [3.8, 4) is 11.3 Å². The summed E-state index contributed by atoms with van der Waals surface area (Å²) in [5.74, 6) is -0.116. The summed E-state index contributed by atoms with van der Waals surface area (Å²) in [6.07, 6.45) is 8.28. The fourth-order valence-electron chi connectivity index (χ4n) is 6.64. The predicted molar refractivity (Wildman–Crippen MR) is 179 cm³/mol. The number of piperazine rings is 1. The maximum Gasteiger partial charge on any atom is 0.410 e. The Morgan fingerprint density at radius 2 is 1.61 bits per heavy atom. The minimum atomic E-state index is -0.596. The maximum atomic E-state index is 14.6. The number of benzene rings is 2. The number of hydrogen-bond donors (Lipinski definition) is 0. The van der Waals surface area contributed by atoms with Crippen molar-refractivity contribution in [1.29, 1.82) is 0 Å². The number of rotatable bonds is 11. The van der Waals surface area contributed by atoms with Crippen LogP contribution in [0.5, 0.6) is 0 Å². The van der Waals surface area contributed by atoms with Crippen LogP contribution in [0.4, 0.5) is 4.79 Å². The summed E-state index contributed by atoms with van der Waals surface area (Å²) in [6, 6.07) is 20.1. The van der Waals surface area contributed by atoms with E-state index in [1.807, 2.05) is 68.4 Å². The maximum absolute atomic E-state index is 14.6. The smallest absolute Gasteiger partial charge is 0.410 e. The standard InChI is InChI=1S/C37H50N4O5/c1-37(2,3)46-36(43)39-21-22-40(30(26-39)25-28-15-7-5-8-16-28)35(42)33-34(29-17-9-6-10-18-29)41(27-38-33)31-19-11-12-20-32(31)45-24-14-13-23-44-4/h5-10,15-18,27,30-32H,11-14,19-26H2,1-4H3/t30-,31+,32+/m1/s1. The molecule has 0 unspecified atom stereocenters. The molecule has 0 spiro atoms. The van der Waals surface area contributed by atoms with E-state index in [0.717, 1.165) is 62.0 Å². The zero-order chi connectivity index (χ0) is 32.5. The van der Waals surface area contributed by atoms with E-state index in [1.165, 1.54) is 0 Å². The van der Waals surface area contributed by atoms with Crippen LogP contribution in [0.25, 0.3) is 11.3 Å². The van der Waals surface area contributed by atoms with Crippen LogP contribution < -0.4 is 0 Å². The molecule has 1 saturated heterocycles. The second-order valence-corrected chi connectivity index (χ2v) is 13.4. The number of imidazole rings is 1. The first-order valence-corrected chi connectivity index (χ1v) is 16.8. The van der Waals surface area contributed by atoms with Gasteiger partial charge in [0.15, 0.2) is 5.69 Å². The van der Waals surface area contributed by atoms with Gasteiger partial charge in [0.1, 0.15) is 5.60 Å². The highest BCUT2D eigenvalue weighted by Crippen LogP contribution is 2.37. The molecule has 0 radical (unpaired) electrons. The van der Waals surface area contributed by atoms with Crippen molar-refractivity contribution in [2.75, 3.05) is 40.0 Å². The normalized spacial score (nSPS) is 20.5. The second kappa shape index (κ2) is 15.7. The molecule has 3 atom stereocenters. The van der Waals surface area contributed by atoms with Crippen molar-refractivity contribution in [3.63, 3.8) is 0 Å². The van der Waals surface area contributed by atoms with Gasteiger partial charge in [0, 0.05) is 45.5 Å². The number of methoxy groups -OCH3 is 1. The quantitative estimate of drug-likeness (QED) is 0.217. The molecular weight excluding hydrogens is 580 g/mol. The van der Waals surface area contributed by atoms with Gasteiger partial charge in [0.25, 0.3) is 5.91 Å². The van der Waals surface area contributed by atoms with Crippen LogP contribution in [0.1, 0.15) is 81.4 Å². The lowest BCUT2D eigenvalue weighted by Crippen LogP contribution is -2.58. The van der Waals surface area contributed by atoms with Gasteiger partial charge in [-0.2, -0.15) is 0 Å². The van der Waals surface area contributed by atoms with E-state index >= 15 is 0 Å². The Balaban J connectivity index is 1.44. The number of carbonyl (C=O) groups excluding carboxylic acids is 2. The second-order valence-electron chi connectivity index (χ2n) is 13.4. The Bertz CT molecular complexity index is 1400. The lowest BCUT2D eigenvalue weighted by Gasteiger charge is -2.41. The van der Waals surface area contributed by atoms with Gasteiger partial charge < -0.3 is 28.6 Å². The molecule has 1 aromatic heterocycles. The zero-order valence-electron chi connectivity index (χ0n) is 27.9. The topological polar surface area (TPSA) is 86.1 Å². The summed E-state index contributed by atoms with van der Waals surface area (Å²) in [5, 5.41) is 0. The van der Waals surface area contributed by atoms with Crippen LogP contribution in [0.2, 0.25) is 0 Å². The Labute approximate surface area is 273 Å². The molecule has 2 aliphatic rings. The first-order valence-electron chi connectivity index (χ1n) is 16.8. The molecule has 9 heteroatoms. The fraction of sp³-hybridized carbons (Fsp3) is 0.541. The molecule has 2 heterocycles. The van der Waals surface area contributed by atoms with E-state index in [-0.39, 0.29) is 30.2 Å². The monoisotopic (exact) mass is 630 g/mol. The summed E-state index contributed by atoms with van der Waals surface area (Å²) in [7, 11) is 1.73. The Morgan fingerprint density at radius 3 is 2.33 bits per heavy atom. The third kappa shape index (κ3) is 8.56. The molecule has 1 aliphatic heterocycles. The van der Waals surface area contributed by atoms with Crippen molar-refractivity contribution >= 4 is 12.0 Å². The highest BCUT2D eigenvalue weighted by Gasteiger charge is 2.38. The van der Waals surface area contributed by atoms with Crippen LogP contribution in [0, 0.1) is 0 Å². The van der Waals surface area contributed by atoms with Gasteiger partial charge in [-0.1, -0.05) is 73.5 Å². The van der Waals surface area contributed by atoms with E-state index in [9.17, 15) is 9.59 Å². The van der Waals surface area contributed by atoms with Crippen molar-refractivity contribution in [2.24, 2.45) is 0 Å². The molecule has 0 bridgehead atoms. The van der Waals surface area contributed by atoms with Crippen LogP contribution in [0.3, 0.4) is 0 Å². The van der Waals surface area contributed by atoms with Gasteiger partial charge in [-0.15, -0.1) is 0 Å². The summed E-state index contributed by atoms with van der Waals surface area (Å²) in [6.45, 7) is 8.22. The molecule has 9 nitrogen and oxygen atoms in total. The molecule has 1 aliphatic carbocycles. The SMILES string of the molecule is COCCCCO[C@H]1CCCC[C@@H]1n1cnc(C(=O)N2CCN(C(=O)OC(C)(C)C)C[C@H]2Cc2ccccc2)c1-c1ccccc1. The zero-order valence-corrected chi connectivity index (χ0v) is 27.9. The van der Waals surface area contributed by atoms with Crippen molar-refractivity contribution in [2.45, 2.75) is 89.5 Å². The molecule has 1 saturated carbocycles. The van der Waals surface area contributed by atoms with E-state index < -0.39 is 5.60 Å². The minimum absolute atomic E-state index is 0.0547. The lowest BCUT2D eigenvalue weighted by molar-refractivity contribution is -0.00858. The number of carbonyl (C=O) groups is 2. The van der Waals surface area contributed by atoms with Gasteiger partial charge in [-0.05, 0) is 58.4 Å². The molecule has 46 heavy (non-hydrogen) atoms. The summed E-state index contributed by atoms with van der Waals surface area (Å²) < 4.78 is 19.6. The third-order valence-electron chi connectivity index (χ3n) is 8.85. The molecule has 2 fully saturated rings. The third-order valence-corrected chi connectivity index (χ3v) is 8.85. The highest BCUT2D eigenvalue weighted by molar-refractivity contribution is 5.98. The average Bonchev–Trinajstić information content (AvgIpc) is 3.50. The number of hydrogen-bond acceptors (Lipinski definition) is 6. The summed E-state index contributed by atoms with van der Waals surface area (Å²) in [5.41, 5.74) is 2.75. The predicted octanol–water partition coefficient (Wildman–Crippen LogP) is 6.78. The van der Waals surface area contributed by atoms with Gasteiger partial charge in [0.2, 0.25) is 0 Å². The van der Waals surface area contributed by atoms with Gasteiger partial charge in [-0.25, -0.2) is 9.78 Å². The van der Waals surface area contributed by atoms with Gasteiger partial charge in [-0.3, -0.25) is 4.79 Å². The van der Waals surface area contributed by atoms with Gasteiger partial charge >= 0.3 is 6.09 Å². The molecule has 2 amide bonds. The average molecular weight is 631 g/mol. The van der Waals surface area contributed by atoms with Crippen LogP contribution >= 0.6 is 0 Å². The Morgan fingerprint density at radius 1 is 0.913 bits per heavy atom. The van der Waals surface area contributed by atoms with E-state index in [0.29, 0.717) is 38.4 Å². The van der Waals surface area contributed by atoms with E-state index in [1.54, 1.807) is 12.0 Å². The van der Waals surface area contributed by atoms with Crippen molar-refractivity contribution in [3.05, 3.63) is 78.2 Å². The molecule has 2 aromatic carbocycles. The molecule has 5 rings (SSSR count). The van der Waals surface area contributed by atoms with E-state index in [2.05, 4.69) is 28.8 Å². The molecule has 248 valence electrons. The lowest BCUT2D eigenvalue weighted by atomic mass is 9.91. The first-order chi connectivity index (χ1) is 22.2. The van der Waals surface area contributed by atoms with Crippen molar-refractivity contribution in [1.82, 2.24) is 19.4 Å². The number of amides is 2. The largest absolute Gasteiger partial charge is 0.444 e. The molecular formula is C37H50N4O5.